The van der Waals surface area contributed by atoms with Gasteiger partial charge in [0.25, 0.3) is 5.91 Å². The van der Waals surface area contributed by atoms with Crippen molar-refractivity contribution in [1.82, 2.24) is 10.2 Å². The van der Waals surface area contributed by atoms with E-state index in [1.807, 2.05) is 4.90 Å². The Morgan fingerprint density at radius 3 is 2.55 bits per heavy atom. The largest absolute Gasteiger partial charge is 0.339 e. The number of nitriles is 1. The molecular weight excluding hydrogens is 250 g/mol. The summed E-state index contributed by atoms with van der Waals surface area (Å²) in [6.07, 6.45) is 2.13. The quantitative estimate of drug-likeness (QED) is 0.911. The number of likely N-dealkylation sites (tertiary alicyclic amines) is 1. The number of carbonyl (C=O) groups excluding carboxylic acids is 1. The number of hydrogen-bond acceptors (Lipinski definition) is 3. The molecule has 4 heteroatoms. The molecule has 1 aromatic carbocycles. The lowest BCUT2D eigenvalue weighted by molar-refractivity contribution is 0.0690. The molecule has 0 spiro atoms. The van der Waals surface area contributed by atoms with Crippen molar-refractivity contribution < 1.29 is 4.79 Å². The second kappa shape index (κ2) is 7.06. The van der Waals surface area contributed by atoms with Crippen LogP contribution in [0.2, 0.25) is 0 Å². The van der Waals surface area contributed by atoms with Crippen molar-refractivity contribution >= 4 is 5.91 Å². The normalized spacial score (nSPS) is 15.9. The molecule has 1 aliphatic heterocycles. The Kier molecular flexibility index (Phi) is 5.14. The van der Waals surface area contributed by atoms with Crippen LogP contribution in [0.25, 0.3) is 0 Å². The summed E-state index contributed by atoms with van der Waals surface area (Å²) in [5, 5.41) is 12.1. The second-order valence-corrected chi connectivity index (χ2v) is 5.23. The first kappa shape index (κ1) is 14.5. The lowest BCUT2D eigenvalue weighted by Gasteiger charge is -2.32. The fourth-order valence-electron chi connectivity index (χ4n) is 2.56. The molecule has 0 aliphatic carbocycles. The van der Waals surface area contributed by atoms with Crippen molar-refractivity contribution in [3.8, 4) is 6.07 Å². The zero-order chi connectivity index (χ0) is 14.4. The van der Waals surface area contributed by atoms with Gasteiger partial charge in [0.2, 0.25) is 0 Å². The van der Waals surface area contributed by atoms with E-state index in [-0.39, 0.29) is 5.91 Å². The van der Waals surface area contributed by atoms with Crippen molar-refractivity contribution in [1.29, 1.82) is 5.26 Å². The fourth-order valence-corrected chi connectivity index (χ4v) is 2.56. The number of amides is 1. The summed E-state index contributed by atoms with van der Waals surface area (Å²) >= 11 is 0. The van der Waals surface area contributed by atoms with Gasteiger partial charge in [-0.15, -0.1) is 0 Å². The topological polar surface area (TPSA) is 56.1 Å². The molecule has 1 aromatic rings. The van der Waals surface area contributed by atoms with E-state index >= 15 is 0 Å². The van der Waals surface area contributed by atoms with Gasteiger partial charge in [0.1, 0.15) is 0 Å². The van der Waals surface area contributed by atoms with E-state index in [0.29, 0.717) is 17.0 Å². The molecule has 1 heterocycles. The molecule has 1 saturated heterocycles. The third kappa shape index (κ3) is 3.58. The van der Waals surface area contributed by atoms with Crippen LogP contribution in [0.15, 0.2) is 24.3 Å². The second-order valence-electron chi connectivity index (χ2n) is 5.23. The molecule has 0 atom stereocenters. The van der Waals surface area contributed by atoms with Crippen LogP contribution >= 0.6 is 0 Å². The average molecular weight is 271 g/mol. The number of hydrogen-bond donors (Lipinski definition) is 1. The number of rotatable bonds is 4. The van der Waals surface area contributed by atoms with Crippen LogP contribution in [-0.2, 0) is 0 Å². The van der Waals surface area contributed by atoms with E-state index in [9.17, 15) is 4.79 Å². The van der Waals surface area contributed by atoms with Gasteiger partial charge >= 0.3 is 0 Å². The molecule has 4 nitrogen and oxygen atoms in total. The SMILES string of the molecule is CCNCC1CCN(C(=O)c2ccc(C#N)cc2)CC1. The highest BCUT2D eigenvalue weighted by Gasteiger charge is 2.23. The monoisotopic (exact) mass is 271 g/mol. The number of carbonyl (C=O) groups is 1. The minimum atomic E-state index is 0.0800. The van der Waals surface area contributed by atoms with E-state index in [4.69, 9.17) is 5.26 Å². The predicted octanol–water partition coefficient (Wildman–Crippen LogP) is 2.02. The highest BCUT2D eigenvalue weighted by Crippen LogP contribution is 2.18. The van der Waals surface area contributed by atoms with Gasteiger partial charge in [-0.05, 0) is 56.1 Å². The van der Waals surface area contributed by atoms with E-state index in [1.165, 1.54) is 0 Å². The highest BCUT2D eigenvalue weighted by molar-refractivity contribution is 5.94. The van der Waals surface area contributed by atoms with E-state index in [1.54, 1.807) is 24.3 Å². The lowest BCUT2D eigenvalue weighted by Crippen LogP contribution is -2.40. The molecule has 0 saturated carbocycles. The smallest absolute Gasteiger partial charge is 0.253 e. The van der Waals surface area contributed by atoms with Crippen LogP contribution in [0.5, 0.6) is 0 Å². The third-order valence-corrected chi connectivity index (χ3v) is 3.85. The number of piperidine rings is 1. The van der Waals surface area contributed by atoms with Gasteiger partial charge in [0, 0.05) is 18.7 Å². The Morgan fingerprint density at radius 2 is 2.00 bits per heavy atom. The third-order valence-electron chi connectivity index (χ3n) is 3.85. The van der Waals surface area contributed by atoms with E-state index < -0.39 is 0 Å². The first-order valence-electron chi connectivity index (χ1n) is 7.24. The predicted molar refractivity (Wildman–Crippen MR) is 78.3 cm³/mol. The molecule has 106 valence electrons. The summed E-state index contributed by atoms with van der Waals surface area (Å²) in [6, 6.07) is 8.95. The zero-order valence-electron chi connectivity index (χ0n) is 11.9. The van der Waals surface area contributed by atoms with Gasteiger partial charge in [-0.25, -0.2) is 0 Å². The number of benzene rings is 1. The Labute approximate surface area is 120 Å². The molecule has 0 aromatic heterocycles. The number of nitrogens with one attached hydrogen (secondary N) is 1. The molecule has 2 rings (SSSR count). The van der Waals surface area contributed by atoms with Gasteiger partial charge in [-0.1, -0.05) is 6.92 Å². The van der Waals surface area contributed by atoms with Crippen LogP contribution < -0.4 is 5.32 Å². The molecule has 0 radical (unpaired) electrons. The molecule has 1 aliphatic rings. The van der Waals surface area contributed by atoms with Crippen LogP contribution in [0, 0.1) is 17.2 Å². The highest BCUT2D eigenvalue weighted by atomic mass is 16.2. The molecule has 1 N–H and O–H groups in total. The standard InChI is InChI=1S/C16H21N3O/c1-2-18-12-14-7-9-19(10-8-14)16(20)15-5-3-13(11-17)4-6-15/h3-6,14,18H,2,7-10,12H2,1H3. The van der Waals surface area contributed by atoms with E-state index in [2.05, 4.69) is 18.3 Å². The summed E-state index contributed by atoms with van der Waals surface area (Å²) in [7, 11) is 0. The summed E-state index contributed by atoms with van der Waals surface area (Å²) < 4.78 is 0. The van der Waals surface area contributed by atoms with E-state index in [0.717, 1.165) is 39.0 Å². The summed E-state index contributed by atoms with van der Waals surface area (Å²) in [5.41, 5.74) is 1.26. The van der Waals surface area contributed by atoms with Crippen LogP contribution in [0.3, 0.4) is 0 Å². The molecular formula is C16H21N3O. The minimum Gasteiger partial charge on any atom is -0.339 e. The molecule has 20 heavy (non-hydrogen) atoms. The summed E-state index contributed by atoms with van der Waals surface area (Å²) in [5.74, 6) is 0.761. The maximum Gasteiger partial charge on any atom is 0.253 e. The Morgan fingerprint density at radius 1 is 1.35 bits per heavy atom. The average Bonchev–Trinajstić information content (AvgIpc) is 2.53. The van der Waals surface area contributed by atoms with Gasteiger partial charge in [0.05, 0.1) is 11.6 Å². The Hall–Kier alpha value is -1.86. The van der Waals surface area contributed by atoms with Crippen molar-refractivity contribution in [2.45, 2.75) is 19.8 Å². The van der Waals surface area contributed by atoms with Crippen molar-refractivity contribution in [2.75, 3.05) is 26.2 Å². The summed E-state index contributed by atoms with van der Waals surface area (Å²) in [6.45, 7) is 5.83. The van der Waals surface area contributed by atoms with Gasteiger partial charge in [0.15, 0.2) is 0 Å². The van der Waals surface area contributed by atoms with Crippen LogP contribution in [0.1, 0.15) is 35.7 Å². The first-order valence-corrected chi connectivity index (χ1v) is 7.24. The van der Waals surface area contributed by atoms with Gasteiger partial charge < -0.3 is 10.2 Å². The van der Waals surface area contributed by atoms with Crippen molar-refractivity contribution in [3.63, 3.8) is 0 Å². The molecule has 0 unspecified atom stereocenters. The molecule has 1 amide bonds. The molecule has 1 fully saturated rings. The number of nitrogens with zero attached hydrogens (tertiary/aromatic N) is 2. The maximum absolute atomic E-state index is 12.3. The lowest BCUT2D eigenvalue weighted by atomic mass is 9.96. The van der Waals surface area contributed by atoms with Crippen LogP contribution in [-0.4, -0.2) is 37.0 Å². The zero-order valence-corrected chi connectivity index (χ0v) is 11.9. The maximum atomic E-state index is 12.3. The van der Waals surface area contributed by atoms with Crippen LogP contribution in [0.4, 0.5) is 0 Å². The first-order chi connectivity index (χ1) is 9.74. The fraction of sp³-hybridized carbons (Fsp3) is 0.500. The van der Waals surface area contributed by atoms with Crippen molar-refractivity contribution in [2.24, 2.45) is 5.92 Å². The van der Waals surface area contributed by atoms with Gasteiger partial charge in [-0.2, -0.15) is 5.26 Å². The molecule has 0 bridgehead atoms. The van der Waals surface area contributed by atoms with Gasteiger partial charge in [-0.3, -0.25) is 4.79 Å². The minimum absolute atomic E-state index is 0.0800. The Bertz CT molecular complexity index is 481. The summed E-state index contributed by atoms with van der Waals surface area (Å²) in [4.78, 5) is 14.3. The Balaban J connectivity index is 1.89. The van der Waals surface area contributed by atoms with Crippen molar-refractivity contribution in [3.05, 3.63) is 35.4 Å².